The molecule has 0 aromatic heterocycles. The van der Waals surface area contributed by atoms with Gasteiger partial charge in [0.2, 0.25) is 0 Å². The van der Waals surface area contributed by atoms with Gasteiger partial charge in [0, 0.05) is 34.6 Å². The van der Waals surface area contributed by atoms with Gasteiger partial charge in [0.05, 0.1) is 0 Å². The lowest BCUT2D eigenvalue weighted by Gasteiger charge is -2.21. The summed E-state index contributed by atoms with van der Waals surface area (Å²) in [5.41, 5.74) is 0. The molecule has 0 bridgehead atoms. The maximum Gasteiger partial charge on any atom is 0.170 e. The number of hydrogen-bond donors (Lipinski definition) is 0. The Labute approximate surface area is 96.4 Å². The van der Waals surface area contributed by atoms with Gasteiger partial charge in [-0.3, -0.25) is 0 Å². The highest BCUT2D eigenvalue weighted by molar-refractivity contribution is 7.47. The second-order valence-electron chi connectivity index (χ2n) is 3.65. The number of rotatable bonds is 6. The molecule has 0 aliphatic rings. The largest absolute Gasteiger partial charge is 0.388 e. The molecule has 0 spiro atoms. The minimum atomic E-state index is -0.634. The zero-order valence-corrected chi connectivity index (χ0v) is 12.1. The third-order valence-electron chi connectivity index (χ3n) is 2.46. The van der Waals surface area contributed by atoms with E-state index in [-0.39, 0.29) is 0 Å². The zero-order chi connectivity index (χ0) is 12.3. The fourth-order valence-corrected chi connectivity index (χ4v) is 2.32. The smallest absolute Gasteiger partial charge is 0.170 e. The van der Waals surface area contributed by atoms with Crippen molar-refractivity contribution in [1.82, 2.24) is 0 Å². The first-order valence-corrected chi connectivity index (χ1v) is 6.69. The van der Waals surface area contributed by atoms with Crippen LogP contribution in [0, 0.1) is 11.8 Å². The molecule has 0 amide bonds. The van der Waals surface area contributed by atoms with Crippen molar-refractivity contribution in [3.8, 4) is 0 Å². The van der Waals surface area contributed by atoms with E-state index in [0.29, 0.717) is 5.92 Å². The normalized spacial score (nSPS) is 14.4. The lowest BCUT2D eigenvalue weighted by molar-refractivity contribution is 0.277. The fourth-order valence-electron chi connectivity index (χ4n) is 1.04. The summed E-state index contributed by atoms with van der Waals surface area (Å²) in [7, 11) is 6.06. The van der Waals surface area contributed by atoms with Crippen LogP contribution in [0.5, 0.6) is 0 Å². The van der Waals surface area contributed by atoms with Crippen molar-refractivity contribution in [2.75, 3.05) is 34.6 Å². The van der Waals surface area contributed by atoms with E-state index in [2.05, 4.69) is 25.5 Å². The molecule has 0 fully saturated rings. The topological polar surface area (TPSA) is 27.7 Å². The quantitative estimate of drug-likeness (QED) is 0.662. The number of hydrogen-bond acceptors (Lipinski definition) is 3. The molecule has 0 saturated carbocycles. The van der Waals surface area contributed by atoms with Gasteiger partial charge in [-0.2, -0.15) is 0 Å². The second kappa shape index (κ2) is 12.4. The van der Waals surface area contributed by atoms with Crippen LogP contribution < -0.4 is 0 Å². The van der Waals surface area contributed by atoms with Gasteiger partial charge >= 0.3 is 0 Å². The van der Waals surface area contributed by atoms with E-state index < -0.39 is 8.38 Å². The van der Waals surface area contributed by atoms with Gasteiger partial charge in [-0.05, 0) is 11.8 Å². The molecule has 2 atom stereocenters. The molecule has 0 aromatic rings. The molecular weight excluding hydrogens is 211 g/mol. The fraction of sp³-hybridized carbons (Fsp3) is 1.00. The Bertz CT molecular complexity index is 118. The third-order valence-corrected chi connectivity index (χ3v) is 4.15. The summed E-state index contributed by atoms with van der Waals surface area (Å²) in [6.07, 6.45) is 2.29. The van der Waals surface area contributed by atoms with Gasteiger partial charge < -0.3 is 13.8 Å². The molecular formula is C11H27O3P. The maximum atomic E-state index is 5.21. The molecule has 0 aliphatic heterocycles. The van der Waals surface area contributed by atoms with Crippen molar-refractivity contribution in [2.45, 2.75) is 27.2 Å². The molecule has 0 rings (SSSR count). The highest BCUT2D eigenvalue weighted by Crippen LogP contribution is 2.39. The minimum absolute atomic E-state index is 0.634. The SMILES string of the molecule is CCC(C)C(C)CP(OC)OC.COC. The van der Waals surface area contributed by atoms with E-state index in [1.165, 1.54) is 6.42 Å². The third kappa shape index (κ3) is 10.6. The summed E-state index contributed by atoms with van der Waals surface area (Å²) in [6.45, 7) is 6.77. The van der Waals surface area contributed by atoms with E-state index in [1.54, 1.807) is 28.4 Å². The van der Waals surface area contributed by atoms with Crippen LogP contribution in [0.15, 0.2) is 0 Å². The van der Waals surface area contributed by atoms with Crippen LogP contribution in [0.1, 0.15) is 27.2 Å². The average Bonchev–Trinajstić information content (AvgIpc) is 2.25. The van der Waals surface area contributed by atoms with Crippen molar-refractivity contribution in [3.63, 3.8) is 0 Å². The average molecular weight is 238 g/mol. The van der Waals surface area contributed by atoms with E-state index in [9.17, 15) is 0 Å². The lowest BCUT2D eigenvalue weighted by atomic mass is 9.96. The summed E-state index contributed by atoms with van der Waals surface area (Å²) in [4.78, 5) is 0. The van der Waals surface area contributed by atoms with Crippen LogP contribution in [0.4, 0.5) is 0 Å². The maximum absolute atomic E-state index is 5.21. The van der Waals surface area contributed by atoms with Crippen LogP contribution >= 0.6 is 8.38 Å². The van der Waals surface area contributed by atoms with Gasteiger partial charge in [-0.1, -0.05) is 27.2 Å². The molecule has 15 heavy (non-hydrogen) atoms. The van der Waals surface area contributed by atoms with E-state index in [1.807, 2.05) is 0 Å². The summed E-state index contributed by atoms with van der Waals surface area (Å²) in [5.74, 6) is 1.46. The van der Waals surface area contributed by atoms with Crippen LogP contribution in [0.3, 0.4) is 0 Å². The van der Waals surface area contributed by atoms with Crippen molar-refractivity contribution in [3.05, 3.63) is 0 Å². The Hall–Kier alpha value is 0.310. The molecule has 4 heteroatoms. The Balaban J connectivity index is 0. The van der Waals surface area contributed by atoms with Gasteiger partial charge in [0.1, 0.15) is 0 Å². The van der Waals surface area contributed by atoms with Gasteiger partial charge in [0.15, 0.2) is 8.38 Å². The summed E-state index contributed by atoms with van der Waals surface area (Å²) in [5, 5.41) is 0. The summed E-state index contributed by atoms with van der Waals surface area (Å²) >= 11 is 0. The molecule has 0 heterocycles. The van der Waals surface area contributed by atoms with E-state index in [0.717, 1.165) is 12.1 Å². The standard InChI is InChI=1S/C9H21O2P.C2H6O/c1-6-8(2)9(3)7-12(10-4)11-5;1-3-2/h8-9H,6-7H2,1-5H3;1-2H3. The van der Waals surface area contributed by atoms with Crippen molar-refractivity contribution >= 4 is 8.38 Å². The second-order valence-corrected chi connectivity index (χ2v) is 5.41. The minimum Gasteiger partial charge on any atom is -0.388 e. The van der Waals surface area contributed by atoms with E-state index >= 15 is 0 Å². The molecule has 0 aliphatic carbocycles. The highest BCUT2D eigenvalue weighted by Gasteiger charge is 2.16. The molecule has 0 radical (unpaired) electrons. The van der Waals surface area contributed by atoms with Crippen LogP contribution in [-0.2, 0) is 13.8 Å². The molecule has 0 aromatic carbocycles. The number of ether oxygens (including phenoxy) is 1. The van der Waals surface area contributed by atoms with Gasteiger partial charge in [-0.25, -0.2) is 0 Å². The Morgan fingerprint density at radius 2 is 1.33 bits per heavy atom. The number of methoxy groups -OCH3 is 1. The van der Waals surface area contributed by atoms with Gasteiger partial charge in [0.25, 0.3) is 0 Å². The van der Waals surface area contributed by atoms with E-state index in [4.69, 9.17) is 9.05 Å². The Morgan fingerprint density at radius 1 is 0.933 bits per heavy atom. The molecule has 0 N–H and O–H groups in total. The highest BCUT2D eigenvalue weighted by atomic mass is 31.2. The Morgan fingerprint density at radius 3 is 1.60 bits per heavy atom. The van der Waals surface area contributed by atoms with Crippen LogP contribution in [0.25, 0.3) is 0 Å². The van der Waals surface area contributed by atoms with Crippen molar-refractivity contribution < 1.29 is 13.8 Å². The first-order valence-electron chi connectivity index (χ1n) is 5.33. The summed E-state index contributed by atoms with van der Waals surface area (Å²) in [6, 6.07) is 0. The Kier molecular flexibility index (Phi) is 14.6. The summed E-state index contributed by atoms with van der Waals surface area (Å²) < 4.78 is 14.7. The van der Waals surface area contributed by atoms with Crippen LogP contribution in [0.2, 0.25) is 0 Å². The van der Waals surface area contributed by atoms with Gasteiger partial charge in [-0.15, -0.1) is 0 Å². The zero-order valence-electron chi connectivity index (χ0n) is 11.2. The van der Waals surface area contributed by atoms with Crippen LogP contribution in [-0.4, -0.2) is 34.6 Å². The first-order chi connectivity index (χ1) is 7.06. The molecule has 2 unspecified atom stereocenters. The lowest BCUT2D eigenvalue weighted by Crippen LogP contribution is -2.11. The molecule has 0 saturated heterocycles. The monoisotopic (exact) mass is 238 g/mol. The van der Waals surface area contributed by atoms with Crippen molar-refractivity contribution in [2.24, 2.45) is 11.8 Å². The first kappa shape index (κ1) is 17.7. The molecule has 3 nitrogen and oxygen atoms in total. The predicted molar refractivity (Wildman–Crippen MR) is 67.4 cm³/mol. The van der Waals surface area contributed by atoms with Crippen molar-refractivity contribution in [1.29, 1.82) is 0 Å². The predicted octanol–water partition coefficient (Wildman–Crippen LogP) is 3.54. The molecule has 94 valence electrons.